The summed E-state index contributed by atoms with van der Waals surface area (Å²) in [5.74, 6) is 0.847. The molecule has 0 aromatic carbocycles. The number of nitrogens with zero attached hydrogens (tertiary/aromatic N) is 1. The minimum Gasteiger partial charge on any atom is -0.312 e. The van der Waals surface area contributed by atoms with Gasteiger partial charge in [0.1, 0.15) is 0 Å². The Morgan fingerprint density at radius 1 is 1.32 bits per heavy atom. The Kier molecular flexibility index (Phi) is 5.86. The van der Waals surface area contributed by atoms with Crippen LogP contribution in [-0.2, 0) is 13.1 Å². The van der Waals surface area contributed by atoms with E-state index in [-0.39, 0.29) is 0 Å². The van der Waals surface area contributed by atoms with E-state index in [0.717, 1.165) is 31.6 Å². The van der Waals surface area contributed by atoms with Gasteiger partial charge in [-0.3, -0.25) is 4.90 Å². The first-order chi connectivity index (χ1) is 9.20. The van der Waals surface area contributed by atoms with E-state index < -0.39 is 0 Å². The lowest BCUT2D eigenvalue weighted by atomic mass is 9.92. The second kappa shape index (κ2) is 7.41. The van der Waals surface area contributed by atoms with Gasteiger partial charge in [0.15, 0.2) is 0 Å². The van der Waals surface area contributed by atoms with Gasteiger partial charge < -0.3 is 5.32 Å². The number of hydrogen-bond acceptors (Lipinski definition) is 3. The molecule has 1 fully saturated rings. The number of nitrogens with one attached hydrogen (secondary N) is 1. The molecule has 0 aliphatic carbocycles. The number of likely N-dealkylation sites (tertiary alicyclic amines) is 1. The molecule has 2 atom stereocenters. The van der Waals surface area contributed by atoms with Crippen LogP contribution in [0.25, 0.3) is 0 Å². The summed E-state index contributed by atoms with van der Waals surface area (Å²) in [6.07, 6.45) is 3.97. The largest absolute Gasteiger partial charge is 0.312 e. The molecule has 108 valence electrons. The fourth-order valence-electron chi connectivity index (χ4n) is 2.83. The van der Waals surface area contributed by atoms with Crippen LogP contribution >= 0.6 is 11.3 Å². The highest BCUT2D eigenvalue weighted by atomic mass is 32.1. The van der Waals surface area contributed by atoms with Gasteiger partial charge >= 0.3 is 0 Å². The van der Waals surface area contributed by atoms with Crippen molar-refractivity contribution in [3.63, 3.8) is 0 Å². The summed E-state index contributed by atoms with van der Waals surface area (Å²) in [5, 5.41) is 3.48. The molecule has 2 rings (SSSR count). The minimum atomic E-state index is 0.734. The van der Waals surface area contributed by atoms with Crippen molar-refractivity contribution >= 4 is 11.3 Å². The van der Waals surface area contributed by atoms with Gasteiger partial charge in [0.2, 0.25) is 0 Å². The third kappa shape index (κ3) is 4.30. The van der Waals surface area contributed by atoms with E-state index in [0.29, 0.717) is 0 Å². The summed E-state index contributed by atoms with van der Waals surface area (Å²) in [4.78, 5) is 5.65. The normalized spacial score (nSPS) is 24.8. The molecule has 1 aliphatic heterocycles. The Balaban J connectivity index is 1.85. The van der Waals surface area contributed by atoms with E-state index in [9.17, 15) is 0 Å². The third-order valence-corrected chi connectivity index (χ3v) is 5.38. The molecule has 1 aromatic rings. The second-order valence-corrected chi connectivity index (χ2v) is 7.13. The first-order valence-corrected chi connectivity index (χ1v) is 8.54. The smallest absolute Gasteiger partial charge is 0.0330 e. The average Bonchev–Trinajstić information content (AvgIpc) is 2.83. The number of hydrogen-bond donors (Lipinski definition) is 1. The van der Waals surface area contributed by atoms with E-state index in [4.69, 9.17) is 0 Å². The quantitative estimate of drug-likeness (QED) is 0.796. The van der Waals surface area contributed by atoms with E-state index in [1.54, 1.807) is 0 Å². The van der Waals surface area contributed by atoms with Gasteiger partial charge in [0, 0.05) is 28.9 Å². The Morgan fingerprint density at radius 2 is 2.11 bits per heavy atom. The van der Waals surface area contributed by atoms with Gasteiger partial charge in [0.25, 0.3) is 0 Å². The molecule has 1 N–H and O–H groups in total. The van der Waals surface area contributed by atoms with Gasteiger partial charge in [-0.15, -0.1) is 11.3 Å². The zero-order valence-electron chi connectivity index (χ0n) is 12.6. The Morgan fingerprint density at radius 3 is 2.89 bits per heavy atom. The molecule has 2 nitrogen and oxygen atoms in total. The lowest BCUT2D eigenvalue weighted by molar-refractivity contribution is 0.107. The number of piperidine rings is 1. The maximum atomic E-state index is 3.48. The topological polar surface area (TPSA) is 15.3 Å². The van der Waals surface area contributed by atoms with Crippen LogP contribution in [0.3, 0.4) is 0 Å². The summed E-state index contributed by atoms with van der Waals surface area (Å²) in [6, 6.07) is 5.35. The molecule has 1 aliphatic rings. The molecule has 2 heterocycles. The van der Waals surface area contributed by atoms with Crippen LogP contribution in [0.15, 0.2) is 12.1 Å². The van der Waals surface area contributed by atoms with Crippen molar-refractivity contribution in [2.75, 3.05) is 13.1 Å². The second-order valence-electron chi connectivity index (χ2n) is 5.88. The zero-order valence-corrected chi connectivity index (χ0v) is 13.4. The fourth-order valence-corrected chi connectivity index (χ4v) is 3.85. The molecular formula is C16H28N2S. The molecule has 2 unspecified atom stereocenters. The number of rotatable bonds is 6. The van der Waals surface area contributed by atoms with Gasteiger partial charge in [-0.05, 0) is 57.3 Å². The average molecular weight is 280 g/mol. The van der Waals surface area contributed by atoms with Crippen molar-refractivity contribution in [3.05, 3.63) is 21.9 Å². The zero-order chi connectivity index (χ0) is 13.7. The highest BCUT2D eigenvalue weighted by Crippen LogP contribution is 2.26. The summed E-state index contributed by atoms with van der Waals surface area (Å²) in [6.45, 7) is 11.6. The molecule has 0 amide bonds. The predicted octanol–water partition coefficient (Wildman–Crippen LogP) is 3.87. The molecular weight excluding hydrogens is 252 g/mol. The monoisotopic (exact) mass is 280 g/mol. The third-order valence-electron chi connectivity index (χ3n) is 4.31. The maximum Gasteiger partial charge on any atom is 0.0330 e. The van der Waals surface area contributed by atoms with Crippen molar-refractivity contribution in [2.45, 2.75) is 59.2 Å². The van der Waals surface area contributed by atoms with Gasteiger partial charge in [0.05, 0.1) is 0 Å². The molecule has 3 heteroatoms. The summed E-state index contributed by atoms with van der Waals surface area (Å²) < 4.78 is 0. The van der Waals surface area contributed by atoms with Crippen LogP contribution in [0.5, 0.6) is 0 Å². The molecule has 1 aromatic heterocycles. The Bertz CT molecular complexity index is 375. The van der Waals surface area contributed by atoms with Crippen LogP contribution < -0.4 is 5.32 Å². The van der Waals surface area contributed by atoms with E-state index in [1.165, 1.54) is 35.6 Å². The molecule has 0 spiro atoms. The minimum absolute atomic E-state index is 0.734. The fraction of sp³-hybridized carbons (Fsp3) is 0.750. The van der Waals surface area contributed by atoms with Crippen molar-refractivity contribution in [1.82, 2.24) is 10.2 Å². The van der Waals surface area contributed by atoms with Crippen molar-refractivity contribution in [2.24, 2.45) is 5.92 Å². The lowest BCUT2D eigenvalue weighted by Crippen LogP contribution is -2.41. The Hall–Kier alpha value is -0.380. The van der Waals surface area contributed by atoms with Gasteiger partial charge in [-0.1, -0.05) is 13.8 Å². The van der Waals surface area contributed by atoms with Crippen LogP contribution in [0.4, 0.5) is 0 Å². The van der Waals surface area contributed by atoms with Crippen LogP contribution in [0.2, 0.25) is 0 Å². The van der Waals surface area contributed by atoms with Gasteiger partial charge in [-0.2, -0.15) is 0 Å². The highest BCUT2D eigenvalue weighted by molar-refractivity contribution is 7.11. The van der Waals surface area contributed by atoms with E-state index in [2.05, 4.69) is 43.1 Å². The first kappa shape index (κ1) is 15.0. The summed E-state index contributed by atoms with van der Waals surface area (Å²) in [7, 11) is 0. The lowest BCUT2D eigenvalue weighted by Gasteiger charge is -2.37. The SMILES string of the molecule is CCCNCc1ccc(CN2CCCC(C)C2C)s1. The van der Waals surface area contributed by atoms with Crippen LogP contribution in [-0.4, -0.2) is 24.0 Å². The molecule has 19 heavy (non-hydrogen) atoms. The molecule has 0 saturated carbocycles. The van der Waals surface area contributed by atoms with Crippen molar-refractivity contribution in [1.29, 1.82) is 0 Å². The number of thiophene rings is 1. The Labute approximate surface area is 122 Å². The first-order valence-electron chi connectivity index (χ1n) is 7.73. The highest BCUT2D eigenvalue weighted by Gasteiger charge is 2.24. The summed E-state index contributed by atoms with van der Waals surface area (Å²) >= 11 is 1.98. The van der Waals surface area contributed by atoms with Gasteiger partial charge in [-0.25, -0.2) is 0 Å². The standard InChI is InChI=1S/C16H28N2S/c1-4-9-17-11-15-7-8-16(19-15)12-18-10-5-6-13(2)14(18)3/h7-8,13-14,17H,4-6,9-12H2,1-3H3. The molecule has 0 bridgehead atoms. The maximum absolute atomic E-state index is 3.48. The summed E-state index contributed by atoms with van der Waals surface area (Å²) in [5.41, 5.74) is 0. The van der Waals surface area contributed by atoms with Crippen molar-refractivity contribution in [3.8, 4) is 0 Å². The van der Waals surface area contributed by atoms with E-state index in [1.807, 2.05) is 11.3 Å². The molecule has 0 radical (unpaired) electrons. The molecule has 1 saturated heterocycles. The van der Waals surface area contributed by atoms with E-state index >= 15 is 0 Å². The van der Waals surface area contributed by atoms with Crippen LogP contribution in [0.1, 0.15) is 49.8 Å². The predicted molar refractivity (Wildman–Crippen MR) is 84.6 cm³/mol. The van der Waals surface area contributed by atoms with Crippen LogP contribution in [0, 0.1) is 5.92 Å². The van der Waals surface area contributed by atoms with Crippen molar-refractivity contribution < 1.29 is 0 Å².